The second kappa shape index (κ2) is 7.15. The van der Waals surface area contributed by atoms with Crippen LogP contribution in [0, 0.1) is 17.8 Å². The second-order valence-corrected chi connectivity index (χ2v) is 6.87. The van der Waals surface area contributed by atoms with Gasteiger partial charge in [0.05, 0.1) is 6.20 Å². The third-order valence-corrected chi connectivity index (χ3v) is 4.49. The summed E-state index contributed by atoms with van der Waals surface area (Å²) in [4.78, 5) is 3.97. The Kier molecular flexibility index (Phi) is 4.97. The third kappa shape index (κ3) is 4.21. The van der Waals surface area contributed by atoms with Crippen LogP contribution in [-0.4, -0.2) is 15.7 Å². The predicted octanol–water partition coefficient (Wildman–Crippen LogP) is 4.82. The van der Waals surface area contributed by atoms with Crippen LogP contribution in [0.15, 0.2) is 42.7 Å². The van der Waals surface area contributed by atoms with Gasteiger partial charge in [0.25, 0.3) is 0 Å². The lowest BCUT2D eigenvalue weighted by Gasteiger charge is -2.36. The van der Waals surface area contributed by atoms with E-state index in [1.54, 1.807) is 12.3 Å². The zero-order chi connectivity index (χ0) is 17.0. The average Bonchev–Trinajstić information content (AvgIpc) is 2.56. The number of hydrogen-bond donors (Lipinski definition) is 1. The van der Waals surface area contributed by atoms with Crippen molar-refractivity contribution in [3.63, 3.8) is 0 Å². The van der Waals surface area contributed by atoms with E-state index in [1.807, 2.05) is 24.3 Å². The first-order valence-electron chi connectivity index (χ1n) is 8.16. The van der Waals surface area contributed by atoms with E-state index < -0.39 is 5.60 Å². The molecule has 124 valence electrons. The van der Waals surface area contributed by atoms with Crippen molar-refractivity contribution in [1.82, 2.24) is 4.98 Å². The zero-order valence-corrected chi connectivity index (χ0v) is 14.4. The van der Waals surface area contributed by atoms with Gasteiger partial charge in [0.2, 0.25) is 0 Å². The number of pyridine rings is 1. The summed E-state index contributed by atoms with van der Waals surface area (Å²) in [6.07, 6.45) is 7.10. The molecule has 1 aromatic carbocycles. The first kappa shape index (κ1) is 16.7. The van der Waals surface area contributed by atoms with Crippen LogP contribution in [0.5, 0.6) is 11.5 Å². The van der Waals surface area contributed by atoms with Gasteiger partial charge in [-0.15, -0.1) is 0 Å². The maximum Gasteiger partial charge on any atom is 0.169 e. The lowest BCUT2D eigenvalue weighted by molar-refractivity contribution is 0.0654. The molecule has 3 nitrogen and oxygen atoms in total. The van der Waals surface area contributed by atoms with Crippen LogP contribution < -0.4 is 4.74 Å². The van der Waals surface area contributed by atoms with E-state index in [0.29, 0.717) is 16.5 Å². The maximum atomic E-state index is 9.54. The van der Waals surface area contributed by atoms with E-state index in [9.17, 15) is 5.11 Å². The SMILES string of the molecule is CC1CCCC(C#Cc2cncc(O)c2)(Oc2ccc(Cl)cc2)C1. The summed E-state index contributed by atoms with van der Waals surface area (Å²) in [7, 11) is 0. The molecule has 0 saturated heterocycles. The Hall–Kier alpha value is -2.18. The van der Waals surface area contributed by atoms with Gasteiger partial charge in [-0.3, -0.25) is 4.98 Å². The molecule has 4 heteroatoms. The van der Waals surface area contributed by atoms with E-state index in [-0.39, 0.29) is 5.75 Å². The van der Waals surface area contributed by atoms with Crippen LogP contribution in [0.4, 0.5) is 0 Å². The number of rotatable bonds is 2. The maximum absolute atomic E-state index is 9.54. The molecule has 1 fully saturated rings. The van der Waals surface area contributed by atoms with E-state index in [0.717, 1.165) is 25.0 Å². The molecule has 0 spiro atoms. The quantitative estimate of drug-likeness (QED) is 0.796. The lowest BCUT2D eigenvalue weighted by atomic mass is 9.79. The number of hydrogen-bond acceptors (Lipinski definition) is 3. The summed E-state index contributed by atoms with van der Waals surface area (Å²) in [5, 5.41) is 10.2. The number of aromatic nitrogens is 1. The molecule has 24 heavy (non-hydrogen) atoms. The molecule has 1 N–H and O–H groups in total. The number of nitrogens with zero attached hydrogens (tertiary/aromatic N) is 1. The molecule has 1 saturated carbocycles. The van der Waals surface area contributed by atoms with Crippen molar-refractivity contribution in [2.24, 2.45) is 5.92 Å². The number of ether oxygens (including phenoxy) is 1. The van der Waals surface area contributed by atoms with Crippen LogP contribution in [0.1, 0.15) is 38.2 Å². The van der Waals surface area contributed by atoms with Crippen molar-refractivity contribution in [3.8, 4) is 23.3 Å². The number of halogens is 1. The molecule has 0 aliphatic heterocycles. The third-order valence-electron chi connectivity index (χ3n) is 4.24. The lowest BCUT2D eigenvalue weighted by Crippen LogP contribution is -2.39. The van der Waals surface area contributed by atoms with Gasteiger partial charge in [0.15, 0.2) is 5.60 Å². The Bertz CT molecular complexity index is 763. The summed E-state index contributed by atoms with van der Waals surface area (Å²) in [6.45, 7) is 2.23. The highest BCUT2D eigenvalue weighted by Crippen LogP contribution is 2.36. The van der Waals surface area contributed by atoms with Gasteiger partial charge in [0, 0.05) is 23.2 Å². The molecular formula is C20H20ClNO2. The topological polar surface area (TPSA) is 42.4 Å². The Morgan fingerprint density at radius 3 is 2.79 bits per heavy atom. The molecule has 0 bridgehead atoms. The van der Waals surface area contributed by atoms with Crippen LogP contribution >= 0.6 is 11.6 Å². The average molecular weight is 342 g/mol. The summed E-state index contributed by atoms with van der Waals surface area (Å²) in [5.41, 5.74) is 0.170. The molecular weight excluding hydrogens is 322 g/mol. The van der Waals surface area contributed by atoms with Crippen LogP contribution in [0.3, 0.4) is 0 Å². The summed E-state index contributed by atoms with van der Waals surface area (Å²) < 4.78 is 6.31. The van der Waals surface area contributed by atoms with Gasteiger partial charge in [-0.2, -0.15) is 0 Å². The van der Waals surface area contributed by atoms with E-state index in [1.165, 1.54) is 12.6 Å². The monoisotopic (exact) mass is 341 g/mol. The number of benzene rings is 1. The fourth-order valence-electron chi connectivity index (χ4n) is 3.15. The second-order valence-electron chi connectivity index (χ2n) is 6.43. The highest BCUT2D eigenvalue weighted by Gasteiger charge is 2.35. The minimum Gasteiger partial charge on any atom is -0.506 e. The Balaban J connectivity index is 1.89. The molecule has 2 unspecified atom stereocenters. The normalized spacial score (nSPS) is 23.2. The van der Waals surface area contributed by atoms with Crippen molar-refractivity contribution in [2.75, 3.05) is 0 Å². The van der Waals surface area contributed by atoms with Gasteiger partial charge in [-0.1, -0.05) is 30.9 Å². The minimum absolute atomic E-state index is 0.117. The van der Waals surface area contributed by atoms with E-state index in [2.05, 4.69) is 23.7 Å². The molecule has 0 amide bonds. The van der Waals surface area contributed by atoms with Crippen molar-refractivity contribution in [2.45, 2.75) is 38.2 Å². The van der Waals surface area contributed by atoms with Gasteiger partial charge in [0.1, 0.15) is 11.5 Å². The first-order chi connectivity index (χ1) is 11.5. The van der Waals surface area contributed by atoms with Crippen molar-refractivity contribution in [1.29, 1.82) is 0 Å². The van der Waals surface area contributed by atoms with Crippen LogP contribution in [0.2, 0.25) is 5.02 Å². The predicted molar refractivity (Wildman–Crippen MR) is 95.2 cm³/mol. The van der Waals surface area contributed by atoms with Crippen molar-refractivity contribution < 1.29 is 9.84 Å². The standard InChI is InChI=1S/C20H20ClNO2/c1-15-3-2-9-20(12-15,24-19-6-4-17(21)5-7-19)10-8-16-11-18(23)14-22-13-16/h4-7,11,13-15,23H,2-3,9,12H2,1H3. The van der Waals surface area contributed by atoms with Gasteiger partial charge < -0.3 is 9.84 Å². The Morgan fingerprint density at radius 1 is 1.29 bits per heavy atom. The van der Waals surface area contributed by atoms with E-state index in [4.69, 9.17) is 16.3 Å². The largest absolute Gasteiger partial charge is 0.506 e. The van der Waals surface area contributed by atoms with Gasteiger partial charge in [-0.25, -0.2) is 0 Å². The molecule has 2 aromatic rings. The summed E-state index contributed by atoms with van der Waals surface area (Å²) in [6, 6.07) is 9.01. The summed E-state index contributed by atoms with van der Waals surface area (Å²) in [5.74, 6) is 7.89. The molecule has 3 rings (SSSR count). The van der Waals surface area contributed by atoms with Crippen LogP contribution in [-0.2, 0) is 0 Å². The molecule has 2 atom stereocenters. The molecule has 1 aromatic heterocycles. The highest BCUT2D eigenvalue weighted by molar-refractivity contribution is 6.30. The van der Waals surface area contributed by atoms with Crippen molar-refractivity contribution >= 4 is 11.6 Å². The fourth-order valence-corrected chi connectivity index (χ4v) is 3.27. The van der Waals surface area contributed by atoms with Gasteiger partial charge >= 0.3 is 0 Å². The Labute approximate surface area is 147 Å². The molecule has 1 heterocycles. The van der Waals surface area contributed by atoms with E-state index >= 15 is 0 Å². The number of aromatic hydroxyl groups is 1. The van der Waals surface area contributed by atoms with Crippen molar-refractivity contribution in [3.05, 3.63) is 53.3 Å². The smallest absolute Gasteiger partial charge is 0.169 e. The fraction of sp³-hybridized carbons (Fsp3) is 0.350. The highest BCUT2D eigenvalue weighted by atomic mass is 35.5. The van der Waals surface area contributed by atoms with Crippen LogP contribution in [0.25, 0.3) is 0 Å². The minimum atomic E-state index is -0.517. The molecule has 1 aliphatic rings. The first-order valence-corrected chi connectivity index (χ1v) is 8.54. The molecule has 0 radical (unpaired) electrons. The summed E-state index contributed by atoms with van der Waals surface area (Å²) >= 11 is 5.95. The Morgan fingerprint density at radius 2 is 2.08 bits per heavy atom. The van der Waals surface area contributed by atoms with Gasteiger partial charge in [-0.05, 0) is 55.0 Å². The zero-order valence-electron chi connectivity index (χ0n) is 13.6. The molecule has 1 aliphatic carbocycles.